The van der Waals surface area contributed by atoms with Crippen LogP contribution >= 0.6 is 12.4 Å². The molecule has 0 radical (unpaired) electrons. The Morgan fingerprint density at radius 1 is 1.35 bits per heavy atom. The molecular weight excluding hydrogens is 312 g/mol. The lowest BCUT2D eigenvalue weighted by molar-refractivity contribution is 0.0882. The van der Waals surface area contributed by atoms with Crippen molar-refractivity contribution in [3.63, 3.8) is 0 Å². The van der Waals surface area contributed by atoms with Crippen LogP contribution in [0.1, 0.15) is 36.8 Å². The number of benzene rings is 1. The van der Waals surface area contributed by atoms with Crippen molar-refractivity contribution in [3.8, 4) is 5.69 Å². The number of carbonyl (C=O) groups excluding carboxylic acids is 1. The van der Waals surface area contributed by atoms with Crippen LogP contribution in [0, 0.1) is 12.8 Å². The second kappa shape index (κ2) is 7.62. The van der Waals surface area contributed by atoms with E-state index >= 15 is 0 Å². The monoisotopic (exact) mass is 336 g/mol. The van der Waals surface area contributed by atoms with Crippen molar-refractivity contribution in [2.75, 3.05) is 6.54 Å². The number of nitrogens with zero attached hydrogens (tertiary/aromatic N) is 2. The summed E-state index contributed by atoms with van der Waals surface area (Å²) in [6.07, 6.45) is 1.76. The molecule has 2 aromatic rings. The van der Waals surface area contributed by atoms with E-state index in [1.54, 1.807) is 10.9 Å². The Labute approximate surface area is 143 Å². The molecule has 0 fully saturated rings. The molecule has 126 valence electrons. The first-order valence-electron chi connectivity index (χ1n) is 7.51. The van der Waals surface area contributed by atoms with Crippen LogP contribution in [-0.4, -0.2) is 27.8 Å². The number of aromatic nitrogens is 2. The lowest BCUT2D eigenvalue weighted by Gasteiger charge is -2.33. The summed E-state index contributed by atoms with van der Waals surface area (Å²) in [6, 6.07) is 9.73. The topological polar surface area (TPSA) is 72.9 Å². The Bertz CT molecular complexity index is 654. The molecule has 0 aliphatic carbocycles. The molecule has 0 bridgehead atoms. The number of para-hydroxylation sites is 1. The van der Waals surface area contributed by atoms with Crippen LogP contribution in [0.5, 0.6) is 0 Å². The highest BCUT2D eigenvalue weighted by molar-refractivity contribution is 5.95. The molecule has 2 rings (SSSR count). The third-order valence-corrected chi connectivity index (χ3v) is 4.26. The fraction of sp³-hybridized carbons (Fsp3) is 0.412. The minimum Gasteiger partial charge on any atom is -0.345 e. The highest BCUT2D eigenvalue weighted by Gasteiger charge is 2.30. The molecule has 0 saturated heterocycles. The van der Waals surface area contributed by atoms with Crippen molar-refractivity contribution in [2.45, 2.75) is 33.2 Å². The van der Waals surface area contributed by atoms with Crippen molar-refractivity contribution >= 4 is 18.3 Å². The summed E-state index contributed by atoms with van der Waals surface area (Å²) in [6.45, 7) is 8.29. The minimum absolute atomic E-state index is 0. The van der Waals surface area contributed by atoms with Crippen LogP contribution in [0.2, 0.25) is 0 Å². The Morgan fingerprint density at radius 2 is 1.96 bits per heavy atom. The first-order chi connectivity index (χ1) is 10.4. The van der Waals surface area contributed by atoms with Gasteiger partial charge in [0.1, 0.15) is 0 Å². The number of carbonyl (C=O) groups is 1. The molecule has 1 heterocycles. The molecule has 1 aromatic heterocycles. The first-order valence-corrected chi connectivity index (χ1v) is 7.51. The molecular formula is C17H25ClN4O. The Morgan fingerprint density at radius 3 is 2.48 bits per heavy atom. The number of hydrogen-bond acceptors (Lipinski definition) is 3. The first kappa shape index (κ1) is 19.2. The van der Waals surface area contributed by atoms with Crippen LogP contribution in [0.25, 0.3) is 5.69 Å². The van der Waals surface area contributed by atoms with Gasteiger partial charge in [0.15, 0.2) is 0 Å². The van der Waals surface area contributed by atoms with Crippen molar-refractivity contribution in [3.05, 3.63) is 47.8 Å². The van der Waals surface area contributed by atoms with E-state index in [2.05, 4.69) is 10.4 Å². The van der Waals surface area contributed by atoms with Crippen LogP contribution in [0.15, 0.2) is 36.5 Å². The summed E-state index contributed by atoms with van der Waals surface area (Å²) in [5.74, 6) is 0.104. The van der Waals surface area contributed by atoms with Crippen LogP contribution in [-0.2, 0) is 0 Å². The summed E-state index contributed by atoms with van der Waals surface area (Å²) in [7, 11) is 0. The van der Waals surface area contributed by atoms with Crippen molar-refractivity contribution in [2.24, 2.45) is 11.7 Å². The molecule has 0 saturated carbocycles. The van der Waals surface area contributed by atoms with Gasteiger partial charge in [0, 0.05) is 12.7 Å². The van der Waals surface area contributed by atoms with E-state index in [-0.39, 0.29) is 24.2 Å². The summed E-state index contributed by atoms with van der Waals surface area (Å²) in [4.78, 5) is 12.6. The standard InChI is InChI=1S/C17H24N4O.ClH/c1-12(2)17(4,11-18)19-16(22)15-10-21(20-13(15)3)14-8-6-5-7-9-14;/h5-10,12H,11,18H2,1-4H3,(H,19,22);1H. The van der Waals surface area contributed by atoms with Gasteiger partial charge in [0.25, 0.3) is 5.91 Å². The Balaban J connectivity index is 0.00000264. The van der Waals surface area contributed by atoms with Gasteiger partial charge < -0.3 is 11.1 Å². The van der Waals surface area contributed by atoms with E-state index < -0.39 is 5.54 Å². The van der Waals surface area contributed by atoms with Gasteiger partial charge in [-0.15, -0.1) is 12.4 Å². The maximum absolute atomic E-state index is 12.6. The van der Waals surface area contributed by atoms with E-state index in [1.165, 1.54) is 0 Å². The van der Waals surface area contributed by atoms with Gasteiger partial charge >= 0.3 is 0 Å². The lowest BCUT2D eigenvalue weighted by Crippen LogP contribution is -2.55. The molecule has 0 spiro atoms. The fourth-order valence-electron chi connectivity index (χ4n) is 2.15. The SMILES string of the molecule is Cc1nn(-c2ccccc2)cc1C(=O)NC(C)(CN)C(C)C.Cl. The average molecular weight is 337 g/mol. The maximum atomic E-state index is 12.6. The minimum atomic E-state index is -0.432. The second-order valence-corrected chi connectivity index (χ2v) is 6.14. The normalized spacial score (nSPS) is 13.3. The zero-order valence-electron chi connectivity index (χ0n) is 14.0. The molecule has 0 aliphatic rings. The van der Waals surface area contributed by atoms with Gasteiger partial charge in [-0.1, -0.05) is 32.0 Å². The predicted molar refractivity (Wildman–Crippen MR) is 95.3 cm³/mol. The molecule has 1 atom stereocenters. The smallest absolute Gasteiger partial charge is 0.255 e. The number of amides is 1. The highest BCUT2D eigenvalue weighted by atomic mass is 35.5. The van der Waals surface area contributed by atoms with Gasteiger partial charge in [-0.3, -0.25) is 4.79 Å². The van der Waals surface area contributed by atoms with Crippen molar-refractivity contribution in [1.82, 2.24) is 15.1 Å². The molecule has 0 aliphatic heterocycles. The van der Waals surface area contributed by atoms with Crippen LogP contribution < -0.4 is 11.1 Å². The molecule has 6 heteroatoms. The molecule has 23 heavy (non-hydrogen) atoms. The van der Waals surface area contributed by atoms with E-state index in [1.807, 2.05) is 58.0 Å². The number of nitrogens with two attached hydrogens (primary N) is 1. The zero-order valence-corrected chi connectivity index (χ0v) is 14.9. The summed E-state index contributed by atoms with van der Waals surface area (Å²) in [5, 5.41) is 7.47. The second-order valence-electron chi connectivity index (χ2n) is 6.14. The number of halogens is 1. The van der Waals surface area contributed by atoms with Gasteiger partial charge in [0.2, 0.25) is 0 Å². The van der Waals surface area contributed by atoms with E-state index in [0.29, 0.717) is 17.8 Å². The fourth-order valence-corrected chi connectivity index (χ4v) is 2.15. The Hall–Kier alpha value is -1.85. The highest BCUT2D eigenvalue weighted by Crippen LogP contribution is 2.17. The summed E-state index contributed by atoms with van der Waals surface area (Å²) < 4.78 is 1.72. The molecule has 1 unspecified atom stereocenters. The number of rotatable bonds is 5. The van der Waals surface area contributed by atoms with Gasteiger partial charge in [0.05, 0.1) is 22.5 Å². The van der Waals surface area contributed by atoms with Crippen LogP contribution in [0.3, 0.4) is 0 Å². The van der Waals surface area contributed by atoms with E-state index in [9.17, 15) is 4.79 Å². The maximum Gasteiger partial charge on any atom is 0.255 e. The largest absolute Gasteiger partial charge is 0.345 e. The van der Waals surface area contributed by atoms with Gasteiger partial charge in [-0.25, -0.2) is 4.68 Å². The van der Waals surface area contributed by atoms with Gasteiger partial charge in [-0.05, 0) is 31.9 Å². The number of hydrogen-bond donors (Lipinski definition) is 2. The van der Waals surface area contributed by atoms with E-state index in [0.717, 1.165) is 5.69 Å². The number of nitrogens with one attached hydrogen (secondary N) is 1. The predicted octanol–water partition coefficient (Wildman–Crippen LogP) is 2.71. The third-order valence-electron chi connectivity index (χ3n) is 4.26. The van der Waals surface area contributed by atoms with Crippen molar-refractivity contribution in [1.29, 1.82) is 0 Å². The van der Waals surface area contributed by atoms with Gasteiger partial charge in [-0.2, -0.15) is 5.10 Å². The Kier molecular flexibility index (Phi) is 6.36. The van der Waals surface area contributed by atoms with Crippen LogP contribution in [0.4, 0.5) is 0 Å². The quantitative estimate of drug-likeness (QED) is 0.881. The average Bonchev–Trinajstić information content (AvgIpc) is 2.90. The lowest BCUT2D eigenvalue weighted by atomic mass is 9.88. The molecule has 1 amide bonds. The zero-order chi connectivity index (χ0) is 16.3. The van der Waals surface area contributed by atoms with E-state index in [4.69, 9.17) is 5.73 Å². The molecule has 3 N–H and O–H groups in total. The number of aryl methyl sites for hydroxylation is 1. The third kappa shape index (κ3) is 4.12. The summed E-state index contributed by atoms with van der Waals surface area (Å²) >= 11 is 0. The molecule has 5 nitrogen and oxygen atoms in total. The molecule has 1 aromatic carbocycles. The van der Waals surface area contributed by atoms with Crippen molar-refractivity contribution < 1.29 is 4.79 Å². The summed E-state index contributed by atoms with van der Waals surface area (Å²) in [5.41, 5.74) is 7.60.